The summed E-state index contributed by atoms with van der Waals surface area (Å²) >= 11 is 6.20. The zero-order valence-electron chi connectivity index (χ0n) is 18.3. The Morgan fingerprint density at radius 3 is 2.46 bits per heavy atom. The van der Waals surface area contributed by atoms with Crippen LogP contribution in [0.4, 0.5) is 23.5 Å². The number of nitrogen functional groups attached to an aromatic ring is 1. The Balaban J connectivity index is 1.87. The number of rotatable bonds is 6. The summed E-state index contributed by atoms with van der Waals surface area (Å²) in [4.78, 5) is 44.2. The average Bonchev–Trinajstić information content (AvgIpc) is 3.43. The Morgan fingerprint density at radius 1 is 1.26 bits per heavy atom. The highest BCUT2D eigenvalue weighted by atomic mass is 35.5. The summed E-state index contributed by atoms with van der Waals surface area (Å²) in [5.41, 5.74) is 4.55. The van der Waals surface area contributed by atoms with Crippen molar-refractivity contribution in [3.8, 4) is 0 Å². The van der Waals surface area contributed by atoms with Crippen LogP contribution in [0.15, 0.2) is 4.79 Å². The maximum atomic E-state index is 15.4. The Bertz CT molecular complexity index is 1230. The molecule has 0 amide bonds. The normalized spacial score (nSPS) is 25.6. The van der Waals surface area contributed by atoms with Crippen LogP contribution in [0, 0.1) is 5.92 Å². The lowest BCUT2D eigenvalue weighted by Crippen LogP contribution is -2.47. The van der Waals surface area contributed by atoms with Gasteiger partial charge in [-0.2, -0.15) is 23.1 Å². The third kappa shape index (κ3) is 4.78. The van der Waals surface area contributed by atoms with Gasteiger partial charge in [-0.05, 0) is 18.8 Å². The third-order valence-electron chi connectivity index (χ3n) is 5.59. The lowest BCUT2D eigenvalue weighted by Gasteiger charge is -2.26. The number of carbonyl (C=O) groups is 2. The van der Waals surface area contributed by atoms with Crippen LogP contribution in [0.2, 0.25) is 5.15 Å². The molecular formula is C19H20ClF4N5O6. The van der Waals surface area contributed by atoms with Gasteiger partial charge in [0.2, 0.25) is 12.1 Å². The van der Waals surface area contributed by atoms with E-state index in [4.69, 9.17) is 26.8 Å². The van der Waals surface area contributed by atoms with Crippen molar-refractivity contribution < 1.29 is 41.4 Å². The van der Waals surface area contributed by atoms with E-state index in [0.717, 1.165) is 24.3 Å². The standard InChI is InChI=1S/C19H20ClF4N5O6/c1-6(30)33-12-9(21)11(13(19(22,23)24)34-7(2)31)35-16(12)29-15-10(14(20)26-17(25)27-15)28(18(29)32)5-8-3-4-8/h8-9,11-13,16H,3-5H2,1-2H3,(H2,25,26,27)/t9-,11-,12+,13+,16+/m0/s1. The number of ether oxygens (including phenoxy) is 3. The number of esters is 2. The molecular weight excluding hydrogens is 506 g/mol. The summed E-state index contributed by atoms with van der Waals surface area (Å²) < 4.78 is 72.8. The lowest BCUT2D eigenvalue weighted by atomic mass is 10.1. The summed E-state index contributed by atoms with van der Waals surface area (Å²) in [6.45, 7) is 1.79. The van der Waals surface area contributed by atoms with Crippen LogP contribution < -0.4 is 11.4 Å². The Kier molecular flexibility index (Phi) is 6.42. The Hall–Kier alpha value is -2.94. The number of alkyl halides is 4. The van der Waals surface area contributed by atoms with Gasteiger partial charge in [0.25, 0.3) is 0 Å². The van der Waals surface area contributed by atoms with Gasteiger partial charge < -0.3 is 19.9 Å². The van der Waals surface area contributed by atoms with E-state index in [1.54, 1.807) is 0 Å². The van der Waals surface area contributed by atoms with Gasteiger partial charge in [-0.1, -0.05) is 11.6 Å². The predicted octanol–water partition coefficient (Wildman–Crippen LogP) is 1.90. The first-order valence-corrected chi connectivity index (χ1v) is 10.8. The molecule has 1 aliphatic heterocycles. The molecule has 2 fully saturated rings. The van der Waals surface area contributed by atoms with Gasteiger partial charge in [0.05, 0.1) is 0 Å². The van der Waals surface area contributed by atoms with Crippen LogP contribution in [0.3, 0.4) is 0 Å². The number of carbonyl (C=O) groups excluding carboxylic acids is 2. The molecule has 0 aromatic carbocycles. The van der Waals surface area contributed by atoms with Crippen molar-refractivity contribution >= 4 is 40.7 Å². The van der Waals surface area contributed by atoms with Crippen molar-refractivity contribution in [2.24, 2.45) is 5.92 Å². The van der Waals surface area contributed by atoms with Gasteiger partial charge in [0.15, 0.2) is 29.3 Å². The fourth-order valence-electron chi connectivity index (χ4n) is 4.02. The minimum atomic E-state index is -5.24. The molecule has 2 N–H and O–H groups in total. The number of nitrogens with two attached hydrogens (primary N) is 1. The second kappa shape index (κ2) is 8.93. The molecule has 11 nitrogen and oxygen atoms in total. The highest BCUT2D eigenvalue weighted by molar-refractivity contribution is 6.33. The minimum absolute atomic E-state index is 0.00848. The maximum Gasteiger partial charge on any atom is 0.428 e. The number of aromatic nitrogens is 4. The molecule has 4 rings (SSSR count). The van der Waals surface area contributed by atoms with Crippen LogP contribution in [-0.2, 0) is 30.3 Å². The van der Waals surface area contributed by atoms with E-state index in [2.05, 4.69) is 14.7 Å². The molecule has 2 aromatic rings. The molecule has 16 heteroatoms. The summed E-state index contributed by atoms with van der Waals surface area (Å²) in [6.07, 6.45) is -15.7. The van der Waals surface area contributed by atoms with Gasteiger partial charge in [-0.3, -0.25) is 14.2 Å². The van der Waals surface area contributed by atoms with E-state index in [1.165, 1.54) is 4.57 Å². The molecule has 1 aliphatic carbocycles. The van der Waals surface area contributed by atoms with E-state index < -0.39 is 54.5 Å². The van der Waals surface area contributed by atoms with Crippen molar-refractivity contribution in [3.05, 3.63) is 15.6 Å². The number of halogens is 5. The second-order valence-corrected chi connectivity index (χ2v) is 8.69. The summed E-state index contributed by atoms with van der Waals surface area (Å²) in [5, 5.41) is -0.215. The quantitative estimate of drug-likeness (QED) is 0.340. The molecule has 2 aromatic heterocycles. The summed E-state index contributed by atoms with van der Waals surface area (Å²) in [6, 6.07) is 0. The third-order valence-corrected chi connectivity index (χ3v) is 5.85. The van der Waals surface area contributed by atoms with Crippen LogP contribution in [-0.4, -0.2) is 61.7 Å². The zero-order chi connectivity index (χ0) is 25.8. The average molecular weight is 526 g/mol. The Morgan fingerprint density at radius 2 is 1.91 bits per heavy atom. The minimum Gasteiger partial charge on any atom is -0.454 e. The number of imidazole rings is 1. The van der Waals surface area contributed by atoms with Crippen LogP contribution in [0.25, 0.3) is 11.2 Å². The van der Waals surface area contributed by atoms with E-state index in [-0.39, 0.29) is 34.7 Å². The van der Waals surface area contributed by atoms with E-state index in [1.807, 2.05) is 0 Å². The van der Waals surface area contributed by atoms with E-state index in [0.29, 0.717) is 6.92 Å². The predicted molar refractivity (Wildman–Crippen MR) is 110 cm³/mol. The lowest BCUT2D eigenvalue weighted by molar-refractivity contribution is -0.252. The molecule has 2 aliphatic rings. The molecule has 1 saturated carbocycles. The molecule has 0 radical (unpaired) electrons. The van der Waals surface area contributed by atoms with Crippen LogP contribution in [0.1, 0.15) is 32.9 Å². The second-order valence-electron chi connectivity index (χ2n) is 8.33. The molecule has 1 saturated heterocycles. The van der Waals surface area contributed by atoms with Crippen molar-refractivity contribution in [2.75, 3.05) is 5.73 Å². The number of nitrogens with zero attached hydrogens (tertiary/aromatic N) is 4. The highest BCUT2D eigenvalue weighted by Gasteiger charge is 2.60. The monoisotopic (exact) mass is 525 g/mol. The van der Waals surface area contributed by atoms with Gasteiger partial charge in [0.1, 0.15) is 11.6 Å². The first kappa shape index (κ1) is 25.2. The molecule has 0 spiro atoms. The van der Waals surface area contributed by atoms with Crippen molar-refractivity contribution in [2.45, 2.75) is 70.1 Å². The van der Waals surface area contributed by atoms with Crippen LogP contribution >= 0.6 is 11.6 Å². The Labute approximate surface area is 199 Å². The SMILES string of the molecule is CC(=O)O[C@@H]1[C@@H](F)[C@@H]([C@@H](OC(C)=O)C(F)(F)F)O[C@H]1n1c(=O)n(CC2CC2)c2c(Cl)nc(N)nc21. The maximum absolute atomic E-state index is 15.4. The molecule has 3 heterocycles. The van der Waals surface area contributed by atoms with E-state index >= 15 is 4.39 Å². The molecule has 192 valence electrons. The zero-order valence-corrected chi connectivity index (χ0v) is 19.0. The van der Waals surface area contributed by atoms with Gasteiger partial charge in [0, 0.05) is 20.4 Å². The van der Waals surface area contributed by atoms with Gasteiger partial charge in [-0.15, -0.1) is 0 Å². The van der Waals surface area contributed by atoms with Gasteiger partial charge >= 0.3 is 23.8 Å². The topological polar surface area (TPSA) is 141 Å². The fraction of sp³-hybridized carbons (Fsp3) is 0.632. The number of anilines is 1. The van der Waals surface area contributed by atoms with Gasteiger partial charge in [-0.25, -0.2) is 13.8 Å². The molecule has 0 bridgehead atoms. The molecule has 5 atom stereocenters. The number of hydrogen-bond acceptors (Lipinski definition) is 9. The van der Waals surface area contributed by atoms with Crippen molar-refractivity contribution in [3.63, 3.8) is 0 Å². The number of fused-ring (bicyclic) bond motifs is 1. The van der Waals surface area contributed by atoms with Crippen molar-refractivity contribution in [1.82, 2.24) is 19.1 Å². The highest BCUT2D eigenvalue weighted by Crippen LogP contribution is 2.41. The first-order valence-electron chi connectivity index (χ1n) is 10.4. The fourth-order valence-corrected chi connectivity index (χ4v) is 4.30. The summed E-state index contributed by atoms with van der Waals surface area (Å²) in [5.74, 6) is -2.64. The van der Waals surface area contributed by atoms with Crippen LogP contribution in [0.5, 0.6) is 0 Å². The van der Waals surface area contributed by atoms with E-state index in [9.17, 15) is 27.6 Å². The largest absolute Gasteiger partial charge is 0.454 e. The number of hydrogen-bond donors (Lipinski definition) is 1. The smallest absolute Gasteiger partial charge is 0.428 e. The summed E-state index contributed by atoms with van der Waals surface area (Å²) in [7, 11) is 0. The van der Waals surface area contributed by atoms with Crippen molar-refractivity contribution in [1.29, 1.82) is 0 Å². The molecule has 0 unspecified atom stereocenters. The molecule has 35 heavy (non-hydrogen) atoms. The first-order chi connectivity index (χ1) is 16.3.